The maximum absolute atomic E-state index is 10.4. The molecule has 0 spiro atoms. The molecule has 64 valence electrons. The Labute approximate surface area is 69.2 Å². The van der Waals surface area contributed by atoms with Crippen molar-refractivity contribution in [3.8, 4) is 0 Å². The highest BCUT2D eigenvalue weighted by atomic mass is 16.2. The van der Waals surface area contributed by atoms with E-state index in [1.54, 1.807) is 13.8 Å². The highest BCUT2D eigenvalue weighted by Gasteiger charge is 2.01. The van der Waals surface area contributed by atoms with Gasteiger partial charge in [-0.05, 0) is 13.8 Å². The lowest BCUT2D eigenvalue weighted by atomic mass is 10.6. The molecule has 0 aliphatic rings. The minimum Gasteiger partial charge on any atom is -0.351 e. The Morgan fingerprint density at radius 1 is 1.25 bits per heavy atom. The number of anilines is 1. The Balaban J connectivity index is 2.93. The van der Waals surface area contributed by atoms with Gasteiger partial charge in [-0.1, -0.05) is 0 Å². The number of amides is 2. The van der Waals surface area contributed by atoms with Crippen molar-refractivity contribution in [1.82, 2.24) is 15.0 Å². The summed E-state index contributed by atoms with van der Waals surface area (Å²) in [5.74, 6) is 1.28. The third-order valence-corrected chi connectivity index (χ3v) is 1.09. The average Bonchev–Trinajstić information content (AvgIpc) is 1.81. The summed E-state index contributed by atoms with van der Waals surface area (Å²) >= 11 is 0. The van der Waals surface area contributed by atoms with Gasteiger partial charge >= 0.3 is 6.03 Å². The summed E-state index contributed by atoms with van der Waals surface area (Å²) in [6, 6.07) is -0.681. The first-order chi connectivity index (χ1) is 5.58. The van der Waals surface area contributed by atoms with Crippen molar-refractivity contribution in [3.63, 3.8) is 0 Å². The fraction of sp³-hybridized carbons (Fsp3) is 0.333. The van der Waals surface area contributed by atoms with Crippen molar-refractivity contribution in [2.45, 2.75) is 13.8 Å². The summed E-state index contributed by atoms with van der Waals surface area (Å²) in [5, 5.41) is 2.26. The molecule has 1 aromatic rings. The maximum atomic E-state index is 10.4. The molecule has 1 aromatic heterocycles. The molecule has 1 rings (SSSR count). The standard InChI is InChI=1S/C6H9N5O/c1-3-8-4(2)10-6(9-3)11-5(7)12/h1-2H3,(H3,7,8,9,10,11,12). The van der Waals surface area contributed by atoms with Gasteiger partial charge in [0.2, 0.25) is 5.95 Å². The molecule has 6 heteroatoms. The molecular weight excluding hydrogens is 158 g/mol. The molecule has 12 heavy (non-hydrogen) atoms. The summed E-state index contributed by atoms with van der Waals surface area (Å²) in [5.41, 5.74) is 4.87. The normalized spacial score (nSPS) is 9.50. The molecule has 0 saturated carbocycles. The number of hydrogen-bond acceptors (Lipinski definition) is 4. The third-order valence-electron chi connectivity index (χ3n) is 1.09. The number of nitrogens with zero attached hydrogens (tertiary/aromatic N) is 3. The van der Waals surface area contributed by atoms with Crippen LogP contribution in [-0.4, -0.2) is 21.0 Å². The Bertz CT molecular complexity index is 291. The van der Waals surface area contributed by atoms with E-state index in [9.17, 15) is 4.79 Å². The second kappa shape index (κ2) is 3.12. The van der Waals surface area contributed by atoms with E-state index >= 15 is 0 Å². The average molecular weight is 167 g/mol. The van der Waals surface area contributed by atoms with Crippen molar-refractivity contribution in [2.24, 2.45) is 5.73 Å². The van der Waals surface area contributed by atoms with E-state index in [-0.39, 0.29) is 5.95 Å². The SMILES string of the molecule is Cc1nc(C)nc(NC(N)=O)n1. The lowest BCUT2D eigenvalue weighted by molar-refractivity contribution is 0.259. The molecule has 2 amide bonds. The highest BCUT2D eigenvalue weighted by Crippen LogP contribution is 1.98. The number of aryl methyl sites for hydroxylation is 2. The summed E-state index contributed by atoms with van der Waals surface area (Å²) in [7, 11) is 0. The van der Waals surface area contributed by atoms with Crippen molar-refractivity contribution in [2.75, 3.05) is 5.32 Å². The molecule has 0 aromatic carbocycles. The van der Waals surface area contributed by atoms with Gasteiger partial charge in [-0.2, -0.15) is 9.97 Å². The van der Waals surface area contributed by atoms with Crippen LogP contribution in [0.25, 0.3) is 0 Å². The van der Waals surface area contributed by atoms with Crippen molar-refractivity contribution in [3.05, 3.63) is 11.6 Å². The lowest BCUT2D eigenvalue weighted by Gasteiger charge is -2.00. The molecule has 0 bridgehead atoms. The largest absolute Gasteiger partial charge is 0.351 e. The topological polar surface area (TPSA) is 93.8 Å². The van der Waals surface area contributed by atoms with E-state index in [0.717, 1.165) is 0 Å². The fourth-order valence-electron chi connectivity index (χ4n) is 0.782. The summed E-state index contributed by atoms with van der Waals surface area (Å²) in [6.45, 7) is 3.42. The first-order valence-corrected chi connectivity index (χ1v) is 3.33. The van der Waals surface area contributed by atoms with Gasteiger partial charge in [-0.25, -0.2) is 9.78 Å². The number of primary amides is 1. The van der Waals surface area contributed by atoms with E-state index < -0.39 is 6.03 Å². The van der Waals surface area contributed by atoms with Gasteiger partial charge in [-0.15, -0.1) is 0 Å². The molecule has 6 nitrogen and oxygen atoms in total. The Hall–Kier alpha value is -1.72. The molecule has 0 saturated heterocycles. The van der Waals surface area contributed by atoms with Crippen LogP contribution in [0.1, 0.15) is 11.6 Å². The van der Waals surface area contributed by atoms with Crippen LogP contribution >= 0.6 is 0 Å². The molecule has 0 atom stereocenters. The quantitative estimate of drug-likeness (QED) is 0.614. The molecule has 1 heterocycles. The summed E-state index contributed by atoms with van der Waals surface area (Å²) in [6.07, 6.45) is 0. The number of rotatable bonds is 1. The van der Waals surface area contributed by atoms with Crippen LogP contribution in [0.3, 0.4) is 0 Å². The Kier molecular flexibility index (Phi) is 2.18. The van der Waals surface area contributed by atoms with E-state index in [0.29, 0.717) is 11.6 Å². The van der Waals surface area contributed by atoms with Gasteiger partial charge in [0.15, 0.2) is 0 Å². The molecule has 0 unspecified atom stereocenters. The predicted octanol–water partition coefficient (Wildman–Crippen LogP) is -0.0210. The van der Waals surface area contributed by atoms with Crippen LogP contribution < -0.4 is 11.1 Å². The van der Waals surface area contributed by atoms with Crippen molar-refractivity contribution in [1.29, 1.82) is 0 Å². The second-order valence-corrected chi connectivity index (χ2v) is 2.24. The number of nitrogens with one attached hydrogen (secondary N) is 1. The highest BCUT2D eigenvalue weighted by molar-refractivity contribution is 5.85. The van der Waals surface area contributed by atoms with Crippen LogP contribution in [0.5, 0.6) is 0 Å². The van der Waals surface area contributed by atoms with Crippen LogP contribution in [0.2, 0.25) is 0 Å². The number of nitrogens with two attached hydrogens (primary N) is 1. The number of hydrogen-bond donors (Lipinski definition) is 2. The molecule has 0 aliphatic carbocycles. The van der Waals surface area contributed by atoms with Gasteiger partial charge < -0.3 is 5.73 Å². The van der Waals surface area contributed by atoms with Crippen LogP contribution in [0.15, 0.2) is 0 Å². The number of urea groups is 1. The van der Waals surface area contributed by atoms with E-state index in [1.807, 2.05) is 0 Å². The van der Waals surface area contributed by atoms with Gasteiger partial charge in [0, 0.05) is 0 Å². The molecule has 3 N–H and O–H groups in total. The summed E-state index contributed by atoms with van der Waals surface area (Å²) < 4.78 is 0. The lowest BCUT2D eigenvalue weighted by Crippen LogP contribution is -2.21. The van der Waals surface area contributed by atoms with E-state index in [4.69, 9.17) is 5.73 Å². The fourth-order valence-corrected chi connectivity index (χ4v) is 0.782. The zero-order valence-corrected chi connectivity index (χ0v) is 6.83. The molecular formula is C6H9N5O. The van der Waals surface area contributed by atoms with Gasteiger partial charge in [0.25, 0.3) is 0 Å². The smallest absolute Gasteiger partial charge is 0.319 e. The van der Waals surface area contributed by atoms with E-state index in [2.05, 4.69) is 20.3 Å². The van der Waals surface area contributed by atoms with Gasteiger partial charge in [0.05, 0.1) is 0 Å². The summed E-state index contributed by atoms with van der Waals surface area (Å²) in [4.78, 5) is 22.0. The first kappa shape index (κ1) is 8.38. The van der Waals surface area contributed by atoms with Crippen LogP contribution in [0, 0.1) is 13.8 Å². The minimum absolute atomic E-state index is 0.188. The monoisotopic (exact) mass is 167 g/mol. The van der Waals surface area contributed by atoms with Gasteiger partial charge in [-0.3, -0.25) is 5.32 Å². The van der Waals surface area contributed by atoms with Gasteiger partial charge in [0.1, 0.15) is 11.6 Å². The Morgan fingerprint density at radius 3 is 2.17 bits per heavy atom. The molecule has 0 radical (unpaired) electrons. The van der Waals surface area contributed by atoms with Crippen molar-refractivity contribution < 1.29 is 4.79 Å². The molecule has 0 aliphatic heterocycles. The maximum Gasteiger partial charge on any atom is 0.319 e. The number of carbonyl (C=O) groups is 1. The molecule has 0 fully saturated rings. The zero-order chi connectivity index (χ0) is 9.14. The second-order valence-electron chi connectivity index (χ2n) is 2.24. The zero-order valence-electron chi connectivity index (χ0n) is 6.83. The number of aromatic nitrogens is 3. The van der Waals surface area contributed by atoms with Crippen molar-refractivity contribution >= 4 is 12.0 Å². The third kappa shape index (κ3) is 2.15. The number of carbonyl (C=O) groups excluding carboxylic acids is 1. The first-order valence-electron chi connectivity index (χ1n) is 3.33. The van der Waals surface area contributed by atoms with E-state index in [1.165, 1.54) is 0 Å². The Morgan fingerprint density at radius 2 is 1.75 bits per heavy atom. The van der Waals surface area contributed by atoms with Crippen LogP contribution in [0.4, 0.5) is 10.7 Å². The minimum atomic E-state index is -0.681. The predicted molar refractivity (Wildman–Crippen MR) is 42.5 cm³/mol. The van der Waals surface area contributed by atoms with Crippen LogP contribution in [-0.2, 0) is 0 Å².